The number of rotatable bonds is 1. The van der Waals surface area contributed by atoms with Gasteiger partial charge in [0.15, 0.2) is 0 Å². The second-order valence-electron chi connectivity index (χ2n) is 2.97. The van der Waals surface area contributed by atoms with Crippen LogP contribution in [-0.4, -0.2) is 29.7 Å². The summed E-state index contributed by atoms with van der Waals surface area (Å²) in [5, 5.41) is 0. The van der Waals surface area contributed by atoms with Gasteiger partial charge in [-0.1, -0.05) is 5.92 Å². The maximum absolute atomic E-state index is 11.0. The molecule has 1 heterocycles. The van der Waals surface area contributed by atoms with E-state index >= 15 is 0 Å². The van der Waals surface area contributed by atoms with Crippen LogP contribution in [0.4, 0.5) is 4.79 Å². The molecule has 3 heteroatoms. The van der Waals surface area contributed by atoms with Crippen molar-refractivity contribution in [1.82, 2.24) is 4.90 Å². The molecule has 0 bridgehead atoms. The third-order valence-electron chi connectivity index (χ3n) is 1.79. The molecule has 0 aromatic carbocycles. The number of cyclic esters (lactones) is 1. The zero-order valence-electron chi connectivity index (χ0n) is 6.76. The highest BCUT2D eigenvalue weighted by Gasteiger charge is 2.33. The molecule has 1 aliphatic heterocycles. The van der Waals surface area contributed by atoms with Crippen LogP contribution in [0.1, 0.15) is 13.8 Å². The van der Waals surface area contributed by atoms with E-state index in [0.717, 1.165) is 0 Å². The van der Waals surface area contributed by atoms with E-state index < -0.39 is 5.54 Å². The van der Waals surface area contributed by atoms with Crippen LogP contribution >= 0.6 is 0 Å². The van der Waals surface area contributed by atoms with Gasteiger partial charge in [-0.15, -0.1) is 6.42 Å². The van der Waals surface area contributed by atoms with Crippen molar-refractivity contribution in [2.45, 2.75) is 19.4 Å². The minimum Gasteiger partial charge on any atom is -0.447 e. The van der Waals surface area contributed by atoms with E-state index in [1.165, 1.54) is 0 Å². The number of amides is 1. The first-order valence-electron chi connectivity index (χ1n) is 3.50. The van der Waals surface area contributed by atoms with Gasteiger partial charge in [0.05, 0.1) is 6.54 Å². The van der Waals surface area contributed by atoms with Crippen LogP contribution in [0.5, 0.6) is 0 Å². The summed E-state index contributed by atoms with van der Waals surface area (Å²) in [6, 6.07) is 0. The maximum Gasteiger partial charge on any atom is 0.411 e. The standard InChI is InChI=1S/C8H11NO2/c1-4-8(2,3)9-5-6-11-7(9)10/h1H,5-6H2,2-3H3. The number of nitrogens with zero attached hydrogens (tertiary/aromatic N) is 1. The van der Waals surface area contributed by atoms with Gasteiger partial charge in [0.1, 0.15) is 12.1 Å². The Morgan fingerprint density at radius 2 is 2.36 bits per heavy atom. The Hall–Kier alpha value is -1.17. The highest BCUT2D eigenvalue weighted by Crippen LogP contribution is 2.17. The van der Waals surface area contributed by atoms with E-state index in [2.05, 4.69) is 5.92 Å². The van der Waals surface area contributed by atoms with Crippen molar-refractivity contribution in [3.05, 3.63) is 0 Å². The lowest BCUT2D eigenvalue weighted by Gasteiger charge is -2.27. The van der Waals surface area contributed by atoms with Crippen LogP contribution in [-0.2, 0) is 4.74 Å². The number of ether oxygens (including phenoxy) is 1. The van der Waals surface area contributed by atoms with E-state index in [4.69, 9.17) is 11.2 Å². The Labute approximate surface area is 66.3 Å². The van der Waals surface area contributed by atoms with Crippen LogP contribution < -0.4 is 0 Å². The summed E-state index contributed by atoms with van der Waals surface area (Å²) in [6.07, 6.45) is 4.94. The van der Waals surface area contributed by atoms with Crippen molar-refractivity contribution >= 4 is 6.09 Å². The lowest BCUT2D eigenvalue weighted by atomic mass is 10.1. The van der Waals surface area contributed by atoms with Gasteiger partial charge in [-0.25, -0.2) is 4.79 Å². The van der Waals surface area contributed by atoms with Crippen LogP contribution in [0.25, 0.3) is 0 Å². The number of hydrogen-bond donors (Lipinski definition) is 0. The second kappa shape index (κ2) is 2.46. The SMILES string of the molecule is C#CC(C)(C)N1CCOC1=O. The number of terminal acetylenes is 1. The number of carbonyl (C=O) groups is 1. The minimum absolute atomic E-state index is 0.312. The first-order chi connectivity index (χ1) is 5.08. The average Bonchev–Trinajstić information content (AvgIpc) is 2.36. The summed E-state index contributed by atoms with van der Waals surface area (Å²) in [7, 11) is 0. The Morgan fingerprint density at radius 1 is 1.73 bits per heavy atom. The van der Waals surface area contributed by atoms with Crippen molar-refractivity contribution in [3.8, 4) is 12.3 Å². The Kier molecular flexibility index (Phi) is 1.77. The third kappa shape index (κ3) is 1.30. The van der Waals surface area contributed by atoms with Gasteiger partial charge in [0.2, 0.25) is 0 Å². The summed E-state index contributed by atoms with van der Waals surface area (Å²) in [5.74, 6) is 2.54. The Bertz CT molecular complexity index is 215. The van der Waals surface area contributed by atoms with Gasteiger partial charge in [0, 0.05) is 0 Å². The Morgan fingerprint density at radius 3 is 2.73 bits per heavy atom. The van der Waals surface area contributed by atoms with Gasteiger partial charge in [-0.2, -0.15) is 0 Å². The zero-order valence-corrected chi connectivity index (χ0v) is 6.76. The summed E-state index contributed by atoms with van der Waals surface area (Å²) in [6.45, 7) is 4.68. The molecule has 1 saturated heterocycles. The van der Waals surface area contributed by atoms with Crippen molar-refractivity contribution in [2.75, 3.05) is 13.2 Å². The predicted molar refractivity (Wildman–Crippen MR) is 41.0 cm³/mol. The van der Waals surface area contributed by atoms with Crippen molar-refractivity contribution in [3.63, 3.8) is 0 Å². The lowest BCUT2D eigenvalue weighted by molar-refractivity contribution is 0.142. The largest absolute Gasteiger partial charge is 0.447 e. The van der Waals surface area contributed by atoms with Gasteiger partial charge >= 0.3 is 6.09 Å². The molecule has 0 aromatic heterocycles. The van der Waals surface area contributed by atoms with Crippen LogP contribution in [0.3, 0.4) is 0 Å². The summed E-state index contributed by atoms with van der Waals surface area (Å²) in [5.41, 5.74) is -0.520. The molecule has 1 aliphatic rings. The molecule has 60 valence electrons. The van der Waals surface area contributed by atoms with Gasteiger partial charge in [0.25, 0.3) is 0 Å². The second-order valence-corrected chi connectivity index (χ2v) is 2.97. The molecular weight excluding hydrogens is 142 g/mol. The average molecular weight is 153 g/mol. The fraction of sp³-hybridized carbons (Fsp3) is 0.625. The van der Waals surface area contributed by atoms with Gasteiger partial charge < -0.3 is 4.74 Å². The summed E-state index contributed by atoms with van der Waals surface area (Å²) in [4.78, 5) is 12.5. The van der Waals surface area contributed by atoms with Crippen LogP contribution in [0.2, 0.25) is 0 Å². The van der Waals surface area contributed by atoms with Crippen LogP contribution in [0, 0.1) is 12.3 Å². The molecule has 0 N–H and O–H groups in total. The number of carbonyl (C=O) groups excluding carboxylic acids is 1. The summed E-state index contributed by atoms with van der Waals surface area (Å²) < 4.78 is 4.75. The van der Waals surface area contributed by atoms with Gasteiger partial charge in [-0.05, 0) is 13.8 Å². The van der Waals surface area contributed by atoms with E-state index in [9.17, 15) is 4.79 Å². The molecule has 0 atom stereocenters. The van der Waals surface area contributed by atoms with E-state index in [-0.39, 0.29) is 6.09 Å². The van der Waals surface area contributed by atoms with E-state index in [1.54, 1.807) is 4.90 Å². The quantitative estimate of drug-likeness (QED) is 0.523. The smallest absolute Gasteiger partial charge is 0.411 e. The molecular formula is C8H11NO2. The third-order valence-corrected chi connectivity index (χ3v) is 1.79. The Balaban J connectivity index is 2.76. The lowest BCUT2D eigenvalue weighted by Crippen LogP contribution is -2.43. The topological polar surface area (TPSA) is 29.5 Å². The normalized spacial score (nSPS) is 17.9. The van der Waals surface area contributed by atoms with E-state index in [0.29, 0.717) is 13.2 Å². The molecule has 0 aliphatic carbocycles. The first kappa shape index (κ1) is 7.93. The highest BCUT2D eigenvalue weighted by molar-refractivity contribution is 5.71. The minimum atomic E-state index is -0.520. The predicted octanol–water partition coefficient (Wildman–Crippen LogP) is 0.850. The number of hydrogen-bond acceptors (Lipinski definition) is 2. The first-order valence-corrected chi connectivity index (χ1v) is 3.50. The fourth-order valence-electron chi connectivity index (χ4n) is 0.979. The van der Waals surface area contributed by atoms with Crippen molar-refractivity contribution < 1.29 is 9.53 Å². The molecule has 0 aromatic rings. The molecule has 1 rings (SSSR count). The van der Waals surface area contributed by atoms with Gasteiger partial charge in [-0.3, -0.25) is 4.90 Å². The summed E-state index contributed by atoms with van der Waals surface area (Å²) >= 11 is 0. The molecule has 1 fully saturated rings. The molecule has 11 heavy (non-hydrogen) atoms. The molecule has 0 saturated carbocycles. The van der Waals surface area contributed by atoms with E-state index in [1.807, 2.05) is 13.8 Å². The molecule has 3 nitrogen and oxygen atoms in total. The molecule has 1 amide bonds. The van der Waals surface area contributed by atoms with Crippen LogP contribution in [0.15, 0.2) is 0 Å². The molecule has 0 radical (unpaired) electrons. The monoisotopic (exact) mass is 153 g/mol. The van der Waals surface area contributed by atoms with Crippen molar-refractivity contribution in [2.24, 2.45) is 0 Å². The fourth-order valence-corrected chi connectivity index (χ4v) is 0.979. The zero-order chi connectivity index (χ0) is 8.48. The maximum atomic E-state index is 11.0. The highest BCUT2D eigenvalue weighted by atomic mass is 16.6. The molecule has 0 spiro atoms. The molecule has 0 unspecified atom stereocenters. The van der Waals surface area contributed by atoms with Crippen molar-refractivity contribution in [1.29, 1.82) is 0 Å².